The minimum absolute atomic E-state index is 0.0235. The van der Waals surface area contributed by atoms with E-state index in [1.807, 2.05) is 52.8 Å². The fraction of sp³-hybridized carbons (Fsp3) is 0.632. The molecular formula is C19H28BNO4. The third-order valence-electron chi connectivity index (χ3n) is 5.65. The average molecular weight is 345 g/mol. The largest absolute Gasteiger partial charge is 0.495 e. The van der Waals surface area contributed by atoms with Crippen LogP contribution >= 0.6 is 0 Å². The Morgan fingerprint density at radius 2 is 1.72 bits per heavy atom. The van der Waals surface area contributed by atoms with Crippen molar-refractivity contribution in [3.63, 3.8) is 0 Å². The average Bonchev–Trinajstić information content (AvgIpc) is 2.78. The van der Waals surface area contributed by atoms with Gasteiger partial charge in [0.25, 0.3) is 0 Å². The first kappa shape index (κ1) is 18.4. The molecule has 2 fully saturated rings. The molecule has 1 amide bonds. The maximum atomic E-state index is 12.5. The summed E-state index contributed by atoms with van der Waals surface area (Å²) < 4.78 is 17.6. The Morgan fingerprint density at radius 3 is 2.32 bits per heavy atom. The van der Waals surface area contributed by atoms with Crippen molar-refractivity contribution in [3.8, 4) is 0 Å². The summed E-state index contributed by atoms with van der Waals surface area (Å²) in [4.78, 5) is 12.5. The van der Waals surface area contributed by atoms with Crippen LogP contribution in [0.2, 0.25) is 0 Å². The van der Waals surface area contributed by atoms with Crippen LogP contribution in [-0.4, -0.2) is 37.4 Å². The lowest BCUT2D eigenvalue weighted by Gasteiger charge is -2.32. The van der Waals surface area contributed by atoms with Gasteiger partial charge in [0.2, 0.25) is 5.91 Å². The van der Waals surface area contributed by atoms with Crippen molar-refractivity contribution in [1.29, 1.82) is 0 Å². The smallest absolute Gasteiger partial charge is 0.399 e. The maximum Gasteiger partial charge on any atom is 0.495 e. The fourth-order valence-corrected chi connectivity index (χ4v) is 3.15. The number of aryl methyl sites for hydroxylation is 1. The second-order valence-corrected chi connectivity index (χ2v) is 8.04. The molecule has 6 heteroatoms. The third kappa shape index (κ3) is 3.76. The number of benzene rings is 1. The highest BCUT2D eigenvalue weighted by molar-refractivity contribution is 6.62. The van der Waals surface area contributed by atoms with Crippen LogP contribution in [0.3, 0.4) is 0 Å². The Balaban J connectivity index is 1.76. The van der Waals surface area contributed by atoms with Crippen LogP contribution in [-0.2, 0) is 18.8 Å². The lowest BCUT2D eigenvalue weighted by molar-refractivity contribution is -0.122. The normalized spacial score (nSPS) is 22.8. The molecule has 136 valence electrons. The van der Waals surface area contributed by atoms with Crippen LogP contribution in [0.15, 0.2) is 18.2 Å². The van der Waals surface area contributed by atoms with Crippen molar-refractivity contribution in [2.75, 3.05) is 18.5 Å². The molecule has 0 bridgehead atoms. The lowest BCUT2D eigenvalue weighted by Crippen LogP contribution is -2.41. The molecule has 2 heterocycles. The third-order valence-corrected chi connectivity index (χ3v) is 5.65. The molecule has 3 rings (SSSR count). The zero-order valence-electron chi connectivity index (χ0n) is 15.8. The summed E-state index contributed by atoms with van der Waals surface area (Å²) in [7, 11) is -0.426. The van der Waals surface area contributed by atoms with Crippen molar-refractivity contribution in [2.24, 2.45) is 5.92 Å². The molecule has 1 aromatic rings. The predicted molar refractivity (Wildman–Crippen MR) is 99.1 cm³/mol. The van der Waals surface area contributed by atoms with Gasteiger partial charge in [0.15, 0.2) is 0 Å². The van der Waals surface area contributed by atoms with Crippen molar-refractivity contribution < 1.29 is 18.8 Å². The number of anilines is 1. The first-order chi connectivity index (χ1) is 11.7. The van der Waals surface area contributed by atoms with E-state index in [-0.39, 0.29) is 23.0 Å². The summed E-state index contributed by atoms with van der Waals surface area (Å²) in [6, 6.07) is 5.90. The summed E-state index contributed by atoms with van der Waals surface area (Å²) in [5.41, 5.74) is 2.06. The van der Waals surface area contributed by atoms with E-state index in [2.05, 4.69) is 5.32 Å². The van der Waals surface area contributed by atoms with Gasteiger partial charge in [0.05, 0.1) is 11.2 Å². The van der Waals surface area contributed by atoms with E-state index in [9.17, 15) is 4.79 Å². The summed E-state index contributed by atoms with van der Waals surface area (Å²) in [6.45, 7) is 11.5. The molecule has 5 nitrogen and oxygen atoms in total. The van der Waals surface area contributed by atoms with E-state index in [1.165, 1.54) is 0 Å². The molecule has 1 N–H and O–H groups in total. The first-order valence-electron chi connectivity index (χ1n) is 9.04. The van der Waals surface area contributed by atoms with Gasteiger partial charge in [-0.15, -0.1) is 0 Å². The summed E-state index contributed by atoms with van der Waals surface area (Å²) in [5.74, 6) is 0.0855. The minimum atomic E-state index is -0.426. The van der Waals surface area contributed by atoms with Gasteiger partial charge >= 0.3 is 7.12 Å². The minimum Gasteiger partial charge on any atom is -0.399 e. The van der Waals surface area contributed by atoms with Gasteiger partial charge in [-0.3, -0.25) is 4.79 Å². The number of ether oxygens (including phenoxy) is 1. The van der Waals surface area contributed by atoms with Crippen LogP contribution in [0.25, 0.3) is 0 Å². The molecule has 0 aliphatic carbocycles. The Morgan fingerprint density at radius 1 is 1.12 bits per heavy atom. The predicted octanol–water partition coefficient (Wildman–Crippen LogP) is 2.66. The number of hydrogen-bond donors (Lipinski definition) is 1. The Hall–Kier alpha value is -1.37. The second-order valence-electron chi connectivity index (χ2n) is 8.04. The van der Waals surface area contributed by atoms with E-state index in [0.717, 1.165) is 29.6 Å². The maximum absolute atomic E-state index is 12.5. The topological polar surface area (TPSA) is 56.8 Å². The van der Waals surface area contributed by atoms with Crippen LogP contribution in [0.4, 0.5) is 5.69 Å². The summed E-state index contributed by atoms with van der Waals surface area (Å²) >= 11 is 0. The van der Waals surface area contributed by atoms with Gasteiger partial charge in [-0.05, 0) is 65.1 Å². The molecule has 0 radical (unpaired) electrons. The SMILES string of the molecule is Cc1ccc(NC(=O)C2CCOCC2)cc1B1OC(C)(C)C(C)(C)O1. The number of carbonyl (C=O) groups excluding carboxylic acids is 1. The quantitative estimate of drug-likeness (QED) is 0.856. The van der Waals surface area contributed by atoms with E-state index in [0.29, 0.717) is 13.2 Å². The molecule has 0 aromatic heterocycles. The van der Waals surface area contributed by atoms with E-state index in [4.69, 9.17) is 14.0 Å². The van der Waals surface area contributed by atoms with Gasteiger partial charge in [-0.2, -0.15) is 0 Å². The zero-order chi connectivity index (χ0) is 18.2. The van der Waals surface area contributed by atoms with Crippen molar-refractivity contribution in [2.45, 2.75) is 58.7 Å². The molecule has 1 aromatic carbocycles. The van der Waals surface area contributed by atoms with E-state index >= 15 is 0 Å². The van der Waals surface area contributed by atoms with Crippen LogP contribution < -0.4 is 10.8 Å². The standard InChI is InChI=1S/C19H28BNO4/c1-13-6-7-15(21-17(22)14-8-10-23-11-9-14)12-16(13)20-24-18(2,3)19(4,5)25-20/h6-7,12,14H,8-11H2,1-5H3,(H,21,22). The zero-order valence-corrected chi connectivity index (χ0v) is 15.8. The molecular weight excluding hydrogens is 317 g/mol. The molecule has 0 spiro atoms. The van der Waals surface area contributed by atoms with Gasteiger partial charge < -0.3 is 19.4 Å². The van der Waals surface area contributed by atoms with Crippen molar-refractivity contribution in [1.82, 2.24) is 0 Å². The van der Waals surface area contributed by atoms with E-state index in [1.54, 1.807) is 0 Å². The van der Waals surface area contributed by atoms with Gasteiger partial charge in [-0.1, -0.05) is 11.6 Å². The molecule has 2 saturated heterocycles. The highest BCUT2D eigenvalue weighted by atomic mass is 16.7. The monoisotopic (exact) mass is 345 g/mol. The fourth-order valence-electron chi connectivity index (χ4n) is 3.15. The molecule has 2 aliphatic rings. The lowest BCUT2D eigenvalue weighted by atomic mass is 9.76. The number of amides is 1. The Bertz CT molecular complexity index is 637. The number of carbonyl (C=O) groups is 1. The van der Waals surface area contributed by atoms with Crippen LogP contribution in [0.5, 0.6) is 0 Å². The number of nitrogens with one attached hydrogen (secondary N) is 1. The molecule has 0 saturated carbocycles. The van der Waals surface area contributed by atoms with Gasteiger partial charge in [0, 0.05) is 24.8 Å². The first-order valence-corrected chi connectivity index (χ1v) is 9.04. The van der Waals surface area contributed by atoms with Crippen LogP contribution in [0.1, 0.15) is 46.1 Å². The number of hydrogen-bond acceptors (Lipinski definition) is 4. The van der Waals surface area contributed by atoms with E-state index < -0.39 is 7.12 Å². The second kappa shape index (κ2) is 6.74. The Kier molecular flexibility index (Phi) is 4.97. The number of rotatable bonds is 3. The van der Waals surface area contributed by atoms with Gasteiger partial charge in [-0.25, -0.2) is 0 Å². The highest BCUT2D eigenvalue weighted by Gasteiger charge is 2.52. The molecule has 0 unspecified atom stereocenters. The summed E-state index contributed by atoms with van der Waals surface area (Å²) in [6.07, 6.45) is 1.56. The molecule has 25 heavy (non-hydrogen) atoms. The van der Waals surface area contributed by atoms with Crippen molar-refractivity contribution >= 4 is 24.2 Å². The van der Waals surface area contributed by atoms with Gasteiger partial charge in [0.1, 0.15) is 0 Å². The molecule has 0 atom stereocenters. The summed E-state index contributed by atoms with van der Waals surface area (Å²) in [5, 5.41) is 3.04. The highest BCUT2D eigenvalue weighted by Crippen LogP contribution is 2.36. The van der Waals surface area contributed by atoms with Crippen LogP contribution in [0, 0.1) is 12.8 Å². The Labute approximate surface area is 150 Å². The molecule has 2 aliphatic heterocycles. The van der Waals surface area contributed by atoms with Crippen molar-refractivity contribution in [3.05, 3.63) is 23.8 Å².